The van der Waals surface area contributed by atoms with Crippen LogP contribution in [0.4, 0.5) is 0 Å². The maximum absolute atomic E-state index is 5.63. The van der Waals surface area contributed by atoms with Gasteiger partial charge in [-0.15, -0.1) is 0 Å². The molecular formula is C16H28O6Si. The third-order valence-electron chi connectivity index (χ3n) is 3.46. The molecule has 0 aliphatic heterocycles. The smallest absolute Gasteiger partial charge is 0.368 e. The van der Waals surface area contributed by atoms with Gasteiger partial charge in [0.2, 0.25) is 0 Å². The van der Waals surface area contributed by atoms with Gasteiger partial charge in [-0.1, -0.05) is 12.1 Å². The standard InChI is InChI=1S/C16H28O6Si/c1-17-9-10-20-11-12-21-13-14-22-15-5-7-16(8-6-15)23(4,18-2)19-3/h5-8H,9-14H2,1-4H3. The number of ether oxygens (including phenoxy) is 4. The molecule has 0 aromatic heterocycles. The molecule has 1 rings (SSSR count). The molecule has 0 aliphatic carbocycles. The van der Waals surface area contributed by atoms with Gasteiger partial charge in [-0.25, -0.2) is 0 Å². The normalized spacial score (nSPS) is 11.7. The van der Waals surface area contributed by atoms with Gasteiger partial charge in [0.1, 0.15) is 12.4 Å². The van der Waals surface area contributed by atoms with Crippen molar-refractivity contribution in [2.75, 3.05) is 61.0 Å². The van der Waals surface area contributed by atoms with Crippen molar-refractivity contribution < 1.29 is 27.8 Å². The number of hydrogen-bond acceptors (Lipinski definition) is 6. The Bertz CT molecular complexity index is 408. The number of methoxy groups -OCH3 is 1. The molecule has 1 aromatic rings. The van der Waals surface area contributed by atoms with Gasteiger partial charge in [-0.3, -0.25) is 0 Å². The molecular weight excluding hydrogens is 316 g/mol. The SMILES string of the molecule is COCCOCCOCCOc1ccc([Si](C)(OC)OC)cc1. The fourth-order valence-electron chi connectivity index (χ4n) is 1.86. The molecule has 0 radical (unpaired) electrons. The van der Waals surface area contributed by atoms with E-state index in [9.17, 15) is 0 Å². The topological polar surface area (TPSA) is 55.4 Å². The molecule has 6 nitrogen and oxygen atoms in total. The van der Waals surface area contributed by atoms with Crippen LogP contribution in [0.3, 0.4) is 0 Å². The summed E-state index contributed by atoms with van der Waals surface area (Å²) in [4.78, 5) is 0. The highest BCUT2D eigenvalue weighted by Gasteiger charge is 2.31. The zero-order valence-corrected chi connectivity index (χ0v) is 15.5. The summed E-state index contributed by atoms with van der Waals surface area (Å²) >= 11 is 0. The molecule has 0 spiro atoms. The summed E-state index contributed by atoms with van der Waals surface area (Å²) < 4.78 is 32.3. The van der Waals surface area contributed by atoms with Crippen molar-refractivity contribution in [1.82, 2.24) is 0 Å². The molecule has 0 aliphatic rings. The Balaban J connectivity index is 2.19. The summed E-state index contributed by atoms with van der Waals surface area (Å²) in [6, 6.07) is 7.82. The largest absolute Gasteiger partial charge is 0.491 e. The van der Waals surface area contributed by atoms with E-state index in [2.05, 4.69) is 0 Å². The van der Waals surface area contributed by atoms with Crippen molar-refractivity contribution in [3.05, 3.63) is 24.3 Å². The third kappa shape index (κ3) is 7.43. The van der Waals surface area contributed by atoms with E-state index < -0.39 is 8.56 Å². The molecule has 0 N–H and O–H groups in total. The van der Waals surface area contributed by atoms with Crippen LogP contribution in [0.25, 0.3) is 0 Å². The Hall–Kier alpha value is -0.963. The minimum absolute atomic E-state index is 0.501. The monoisotopic (exact) mass is 344 g/mol. The highest BCUT2D eigenvalue weighted by molar-refractivity contribution is 6.79. The van der Waals surface area contributed by atoms with Crippen LogP contribution in [-0.2, 0) is 23.1 Å². The van der Waals surface area contributed by atoms with Crippen LogP contribution >= 0.6 is 0 Å². The summed E-state index contributed by atoms with van der Waals surface area (Å²) in [5, 5.41) is 1.07. The van der Waals surface area contributed by atoms with Gasteiger partial charge in [-0.05, 0) is 23.9 Å². The van der Waals surface area contributed by atoms with Crippen LogP contribution in [0, 0.1) is 0 Å². The van der Waals surface area contributed by atoms with Crippen LogP contribution in [0.1, 0.15) is 0 Å². The first-order chi connectivity index (χ1) is 11.2. The lowest BCUT2D eigenvalue weighted by Gasteiger charge is -2.23. The Morgan fingerprint density at radius 3 is 1.78 bits per heavy atom. The highest BCUT2D eigenvalue weighted by atomic mass is 28.4. The summed E-state index contributed by atoms with van der Waals surface area (Å²) in [5.74, 6) is 0.803. The van der Waals surface area contributed by atoms with Crippen molar-refractivity contribution in [3.8, 4) is 5.75 Å². The highest BCUT2D eigenvalue weighted by Crippen LogP contribution is 2.11. The van der Waals surface area contributed by atoms with Crippen LogP contribution in [0.5, 0.6) is 5.75 Å². The summed E-state index contributed by atoms with van der Waals surface area (Å²) in [6.45, 7) is 5.35. The van der Waals surface area contributed by atoms with Gasteiger partial charge in [0.25, 0.3) is 0 Å². The van der Waals surface area contributed by atoms with Gasteiger partial charge in [0.05, 0.1) is 33.0 Å². The van der Waals surface area contributed by atoms with Gasteiger partial charge < -0.3 is 27.8 Å². The first kappa shape index (κ1) is 20.1. The van der Waals surface area contributed by atoms with E-state index in [1.165, 1.54) is 0 Å². The number of hydrogen-bond donors (Lipinski definition) is 0. The van der Waals surface area contributed by atoms with E-state index in [-0.39, 0.29) is 0 Å². The van der Waals surface area contributed by atoms with Crippen molar-refractivity contribution in [1.29, 1.82) is 0 Å². The quantitative estimate of drug-likeness (QED) is 0.397. The van der Waals surface area contributed by atoms with Crippen LogP contribution in [0.15, 0.2) is 24.3 Å². The predicted octanol–water partition coefficient (Wildman–Crippen LogP) is 1.32. The Morgan fingerprint density at radius 1 is 0.739 bits per heavy atom. The first-order valence-corrected chi connectivity index (χ1v) is 9.96. The van der Waals surface area contributed by atoms with Crippen LogP contribution in [-0.4, -0.2) is 69.5 Å². The zero-order chi connectivity index (χ0) is 17.0. The fraction of sp³-hybridized carbons (Fsp3) is 0.625. The van der Waals surface area contributed by atoms with Crippen LogP contribution in [0.2, 0.25) is 6.55 Å². The minimum Gasteiger partial charge on any atom is -0.491 e. The molecule has 7 heteroatoms. The van der Waals surface area contributed by atoms with E-state index in [1.807, 2.05) is 30.8 Å². The van der Waals surface area contributed by atoms with Gasteiger partial charge >= 0.3 is 8.56 Å². The van der Waals surface area contributed by atoms with Crippen molar-refractivity contribution in [2.24, 2.45) is 0 Å². The Kier molecular flexibility index (Phi) is 10.1. The molecule has 132 valence electrons. The maximum Gasteiger partial charge on any atom is 0.368 e. The van der Waals surface area contributed by atoms with Gasteiger partial charge in [-0.2, -0.15) is 0 Å². The second-order valence-electron chi connectivity index (χ2n) is 4.94. The molecule has 0 saturated carbocycles. The van der Waals surface area contributed by atoms with E-state index in [4.69, 9.17) is 27.8 Å². The predicted molar refractivity (Wildman–Crippen MR) is 90.7 cm³/mol. The Labute approximate surface area is 139 Å². The van der Waals surface area contributed by atoms with Crippen molar-refractivity contribution >= 4 is 13.7 Å². The second-order valence-corrected chi connectivity index (χ2v) is 8.23. The summed E-state index contributed by atoms with van der Waals surface area (Å²) in [7, 11) is 2.74. The molecule has 0 saturated heterocycles. The molecule has 0 heterocycles. The molecule has 0 atom stereocenters. The summed E-state index contributed by atoms with van der Waals surface area (Å²) in [5.41, 5.74) is 0. The van der Waals surface area contributed by atoms with E-state index in [0.717, 1.165) is 10.9 Å². The van der Waals surface area contributed by atoms with Crippen LogP contribution < -0.4 is 9.92 Å². The zero-order valence-electron chi connectivity index (χ0n) is 14.5. The third-order valence-corrected chi connectivity index (χ3v) is 6.40. The molecule has 23 heavy (non-hydrogen) atoms. The lowest BCUT2D eigenvalue weighted by molar-refractivity contribution is 0.0180. The van der Waals surface area contributed by atoms with E-state index >= 15 is 0 Å². The average Bonchev–Trinajstić information content (AvgIpc) is 2.60. The number of rotatable bonds is 13. The lowest BCUT2D eigenvalue weighted by Crippen LogP contribution is -2.49. The fourth-order valence-corrected chi connectivity index (χ4v) is 3.27. The summed E-state index contributed by atoms with van der Waals surface area (Å²) in [6.07, 6.45) is 0. The van der Waals surface area contributed by atoms with E-state index in [0.29, 0.717) is 39.6 Å². The second kappa shape index (κ2) is 11.6. The molecule has 0 fully saturated rings. The molecule has 0 unspecified atom stereocenters. The minimum atomic E-state index is -2.26. The van der Waals surface area contributed by atoms with Gasteiger partial charge in [0, 0.05) is 21.3 Å². The molecule has 0 amide bonds. The average molecular weight is 344 g/mol. The molecule has 1 aromatic carbocycles. The molecule has 0 bridgehead atoms. The lowest BCUT2D eigenvalue weighted by atomic mass is 10.3. The van der Waals surface area contributed by atoms with Crippen molar-refractivity contribution in [3.63, 3.8) is 0 Å². The van der Waals surface area contributed by atoms with Gasteiger partial charge in [0.15, 0.2) is 0 Å². The van der Waals surface area contributed by atoms with E-state index in [1.54, 1.807) is 21.3 Å². The number of benzene rings is 1. The first-order valence-electron chi connectivity index (χ1n) is 7.64. The Morgan fingerprint density at radius 2 is 1.26 bits per heavy atom. The van der Waals surface area contributed by atoms with Crippen molar-refractivity contribution in [2.45, 2.75) is 6.55 Å². The maximum atomic E-state index is 5.63.